The Morgan fingerprint density at radius 2 is 2.04 bits per heavy atom. The van der Waals surface area contributed by atoms with Crippen LogP contribution in [0.2, 0.25) is 0 Å². The molecule has 5 nitrogen and oxygen atoms in total. The van der Waals surface area contributed by atoms with Gasteiger partial charge in [-0.15, -0.1) is 24.0 Å². The second-order valence-corrected chi connectivity index (χ2v) is 5.99. The standard InChI is InChI=1S/C17H24FN3O2.HI/c1-12(15(22)23-3)10-20-16(19-2)21-11-17(8-9-17)13-6-4-5-7-14(13)18;/h4-7,12H,8-11H2,1-3H3,(H2,19,20,21);1H. The monoisotopic (exact) mass is 449 g/mol. The van der Waals surface area contributed by atoms with E-state index in [4.69, 9.17) is 4.74 Å². The summed E-state index contributed by atoms with van der Waals surface area (Å²) in [5.74, 6) is -0.0876. The fourth-order valence-electron chi connectivity index (χ4n) is 2.59. The van der Waals surface area contributed by atoms with E-state index in [2.05, 4.69) is 15.6 Å². The van der Waals surface area contributed by atoms with Crippen LogP contribution in [0.15, 0.2) is 29.3 Å². The molecule has 0 spiro atoms. The number of halogens is 2. The summed E-state index contributed by atoms with van der Waals surface area (Å²) < 4.78 is 18.7. The molecule has 134 valence electrons. The van der Waals surface area contributed by atoms with Crippen LogP contribution in [-0.2, 0) is 14.9 Å². The van der Waals surface area contributed by atoms with Crippen LogP contribution >= 0.6 is 24.0 Å². The average Bonchev–Trinajstić information content (AvgIpc) is 3.35. The highest BCUT2D eigenvalue weighted by molar-refractivity contribution is 14.0. The third-order valence-corrected chi connectivity index (χ3v) is 4.30. The van der Waals surface area contributed by atoms with Crippen molar-refractivity contribution >= 4 is 35.9 Å². The van der Waals surface area contributed by atoms with Gasteiger partial charge in [-0.2, -0.15) is 0 Å². The van der Waals surface area contributed by atoms with Crippen molar-refractivity contribution in [1.29, 1.82) is 0 Å². The number of methoxy groups -OCH3 is 1. The molecule has 0 heterocycles. The van der Waals surface area contributed by atoms with Crippen molar-refractivity contribution in [2.75, 3.05) is 27.2 Å². The number of nitrogens with zero attached hydrogens (tertiary/aromatic N) is 1. The van der Waals surface area contributed by atoms with Gasteiger partial charge in [-0.05, 0) is 24.5 Å². The number of carbonyl (C=O) groups excluding carboxylic acids is 1. The number of esters is 1. The highest BCUT2D eigenvalue weighted by Crippen LogP contribution is 2.48. The molecule has 24 heavy (non-hydrogen) atoms. The van der Waals surface area contributed by atoms with Gasteiger partial charge in [-0.1, -0.05) is 25.1 Å². The van der Waals surface area contributed by atoms with Gasteiger partial charge >= 0.3 is 5.97 Å². The van der Waals surface area contributed by atoms with E-state index in [0.717, 1.165) is 18.4 Å². The van der Waals surface area contributed by atoms with Gasteiger partial charge in [0.25, 0.3) is 0 Å². The maximum atomic E-state index is 14.0. The number of rotatable bonds is 6. The lowest BCUT2D eigenvalue weighted by atomic mass is 9.95. The quantitative estimate of drug-likeness (QED) is 0.303. The molecule has 1 aliphatic rings. The van der Waals surface area contributed by atoms with Crippen molar-refractivity contribution in [1.82, 2.24) is 10.6 Å². The lowest BCUT2D eigenvalue weighted by Gasteiger charge is -2.20. The smallest absolute Gasteiger partial charge is 0.310 e. The Balaban J connectivity index is 0.00000288. The zero-order chi connectivity index (χ0) is 16.9. The normalized spacial score (nSPS) is 16.6. The third-order valence-electron chi connectivity index (χ3n) is 4.30. The molecule has 0 saturated heterocycles. The lowest BCUT2D eigenvalue weighted by molar-refractivity contribution is -0.144. The van der Waals surface area contributed by atoms with Crippen LogP contribution in [0.3, 0.4) is 0 Å². The molecule has 1 saturated carbocycles. The van der Waals surface area contributed by atoms with Gasteiger partial charge in [0.15, 0.2) is 5.96 Å². The molecule has 1 aromatic rings. The van der Waals surface area contributed by atoms with Crippen molar-refractivity contribution in [2.45, 2.75) is 25.2 Å². The van der Waals surface area contributed by atoms with Gasteiger partial charge in [0.05, 0.1) is 13.0 Å². The molecule has 0 aliphatic heterocycles. The summed E-state index contributed by atoms with van der Waals surface area (Å²) in [5.41, 5.74) is 0.600. The number of carbonyl (C=O) groups is 1. The van der Waals surface area contributed by atoms with Crippen molar-refractivity contribution in [3.05, 3.63) is 35.6 Å². The number of aliphatic imine (C=N–C) groups is 1. The van der Waals surface area contributed by atoms with Crippen LogP contribution in [0, 0.1) is 11.7 Å². The van der Waals surface area contributed by atoms with Crippen LogP contribution in [0.25, 0.3) is 0 Å². The summed E-state index contributed by atoms with van der Waals surface area (Å²) in [5, 5.41) is 6.33. The first-order chi connectivity index (χ1) is 11.0. The Hall–Kier alpha value is -1.38. The topological polar surface area (TPSA) is 62.7 Å². The molecule has 1 unspecified atom stereocenters. The van der Waals surface area contributed by atoms with Crippen LogP contribution in [0.1, 0.15) is 25.3 Å². The molecular formula is C17H25FIN3O2. The predicted octanol–water partition coefficient (Wildman–Crippen LogP) is 2.45. The van der Waals surface area contributed by atoms with Gasteiger partial charge in [-0.25, -0.2) is 4.39 Å². The van der Waals surface area contributed by atoms with Gasteiger partial charge in [0.1, 0.15) is 5.82 Å². The van der Waals surface area contributed by atoms with E-state index in [9.17, 15) is 9.18 Å². The Bertz CT molecular complexity index is 591. The third kappa shape index (κ3) is 5.06. The first-order valence-corrected chi connectivity index (χ1v) is 7.80. The van der Waals surface area contributed by atoms with Crippen molar-refractivity contribution in [3.63, 3.8) is 0 Å². The maximum Gasteiger partial charge on any atom is 0.310 e. The summed E-state index contributed by atoms with van der Waals surface area (Å²) in [6.07, 6.45) is 1.91. The van der Waals surface area contributed by atoms with E-state index >= 15 is 0 Å². The minimum Gasteiger partial charge on any atom is -0.469 e. The van der Waals surface area contributed by atoms with Crippen LogP contribution in [0.4, 0.5) is 4.39 Å². The van der Waals surface area contributed by atoms with Crippen molar-refractivity contribution in [2.24, 2.45) is 10.9 Å². The molecule has 2 N–H and O–H groups in total. The first kappa shape index (κ1) is 20.7. The molecule has 1 fully saturated rings. The molecule has 0 aromatic heterocycles. The molecule has 0 radical (unpaired) electrons. The van der Waals surface area contributed by atoms with E-state index in [1.807, 2.05) is 12.1 Å². The summed E-state index contributed by atoms with van der Waals surface area (Å²) in [7, 11) is 3.04. The Morgan fingerprint density at radius 1 is 1.38 bits per heavy atom. The predicted molar refractivity (Wildman–Crippen MR) is 103 cm³/mol. The number of benzene rings is 1. The minimum absolute atomic E-state index is 0. The van der Waals surface area contributed by atoms with Crippen molar-refractivity contribution < 1.29 is 13.9 Å². The number of hydrogen-bond donors (Lipinski definition) is 2. The zero-order valence-corrected chi connectivity index (χ0v) is 16.6. The lowest BCUT2D eigenvalue weighted by Crippen LogP contribution is -2.43. The average molecular weight is 449 g/mol. The van der Waals surface area contributed by atoms with E-state index in [-0.39, 0.29) is 47.1 Å². The fourth-order valence-corrected chi connectivity index (χ4v) is 2.59. The molecule has 1 aromatic carbocycles. The van der Waals surface area contributed by atoms with E-state index in [1.54, 1.807) is 20.0 Å². The summed E-state index contributed by atoms with van der Waals surface area (Å²) in [4.78, 5) is 15.5. The molecule has 1 atom stereocenters. The van der Waals surface area contributed by atoms with E-state index < -0.39 is 0 Å². The Labute approximate surface area is 159 Å². The zero-order valence-electron chi connectivity index (χ0n) is 14.3. The summed E-state index contributed by atoms with van der Waals surface area (Å²) in [6.45, 7) is 2.83. The van der Waals surface area contributed by atoms with E-state index in [0.29, 0.717) is 19.0 Å². The molecule has 0 amide bonds. The minimum atomic E-state index is -0.266. The second-order valence-electron chi connectivity index (χ2n) is 5.99. The molecule has 2 rings (SSSR count). The Morgan fingerprint density at radius 3 is 2.58 bits per heavy atom. The van der Waals surface area contributed by atoms with Crippen molar-refractivity contribution in [3.8, 4) is 0 Å². The summed E-state index contributed by atoms with van der Waals surface area (Å²) >= 11 is 0. The highest BCUT2D eigenvalue weighted by Gasteiger charge is 2.45. The second kappa shape index (κ2) is 9.19. The first-order valence-electron chi connectivity index (χ1n) is 7.80. The van der Waals surface area contributed by atoms with Crippen LogP contribution in [0.5, 0.6) is 0 Å². The Kier molecular flexibility index (Phi) is 7.92. The number of nitrogens with one attached hydrogen (secondary N) is 2. The van der Waals surface area contributed by atoms with Crippen LogP contribution in [-0.4, -0.2) is 39.2 Å². The molecule has 0 bridgehead atoms. The van der Waals surface area contributed by atoms with Gasteiger partial charge < -0.3 is 15.4 Å². The molecule has 7 heteroatoms. The fraction of sp³-hybridized carbons (Fsp3) is 0.529. The van der Waals surface area contributed by atoms with Crippen LogP contribution < -0.4 is 10.6 Å². The number of ether oxygens (including phenoxy) is 1. The maximum absolute atomic E-state index is 14.0. The molecule has 1 aliphatic carbocycles. The molecular weight excluding hydrogens is 424 g/mol. The number of hydrogen-bond acceptors (Lipinski definition) is 3. The SMILES string of the molecule is CN=C(NCC(C)C(=O)OC)NCC1(c2ccccc2F)CC1.I. The largest absolute Gasteiger partial charge is 0.469 e. The van der Waals surface area contributed by atoms with E-state index in [1.165, 1.54) is 13.2 Å². The van der Waals surface area contributed by atoms with Gasteiger partial charge in [0, 0.05) is 25.6 Å². The highest BCUT2D eigenvalue weighted by atomic mass is 127. The van der Waals surface area contributed by atoms with Gasteiger partial charge in [0.2, 0.25) is 0 Å². The summed E-state index contributed by atoms with van der Waals surface area (Å²) in [6, 6.07) is 6.92. The number of guanidine groups is 1. The van der Waals surface area contributed by atoms with Gasteiger partial charge in [-0.3, -0.25) is 9.79 Å².